The van der Waals surface area contributed by atoms with E-state index in [0.29, 0.717) is 17.9 Å². The fraction of sp³-hybridized carbons (Fsp3) is 0.923. The van der Waals surface area contributed by atoms with Crippen LogP contribution in [0.5, 0.6) is 0 Å². The van der Waals surface area contributed by atoms with Crippen LogP contribution < -0.4 is 5.73 Å². The Morgan fingerprint density at radius 2 is 2.18 bits per heavy atom. The lowest BCUT2D eigenvalue weighted by Crippen LogP contribution is -2.41. The number of ether oxygens (including phenoxy) is 1. The molecule has 0 aromatic rings. The average Bonchev–Trinajstić information content (AvgIpc) is 2.83. The minimum atomic E-state index is -0.402. The van der Waals surface area contributed by atoms with Crippen molar-refractivity contribution >= 4 is 6.09 Å². The third-order valence-corrected chi connectivity index (χ3v) is 3.70. The molecule has 0 aromatic carbocycles. The Balaban J connectivity index is 1.93. The fourth-order valence-electron chi connectivity index (χ4n) is 2.80. The van der Waals surface area contributed by atoms with Crippen molar-refractivity contribution in [1.82, 2.24) is 4.90 Å². The van der Waals surface area contributed by atoms with Crippen LogP contribution in [0, 0.1) is 11.8 Å². The summed E-state index contributed by atoms with van der Waals surface area (Å²) in [5.41, 5.74) is 5.28. The van der Waals surface area contributed by atoms with E-state index in [1.807, 2.05) is 25.7 Å². The fourth-order valence-corrected chi connectivity index (χ4v) is 2.80. The Kier molecular flexibility index (Phi) is 3.34. The lowest BCUT2D eigenvalue weighted by atomic mass is 10.1. The average molecular weight is 240 g/mol. The van der Waals surface area contributed by atoms with E-state index >= 15 is 0 Å². The number of carbonyl (C=O) groups excluding carboxylic acids is 1. The number of amides is 1. The second kappa shape index (κ2) is 4.48. The smallest absolute Gasteiger partial charge is 0.410 e. The molecule has 1 aliphatic heterocycles. The lowest BCUT2D eigenvalue weighted by Gasteiger charge is -2.28. The molecule has 0 radical (unpaired) electrons. The van der Waals surface area contributed by atoms with Crippen LogP contribution in [0.15, 0.2) is 0 Å². The van der Waals surface area contributed by atoms with Crippen molar-refractivity contribution < 1.29 is 9.53 Å². The molecule has 3 unspecified atom stereocenters. The number of hydrogen-bond acceptors (Lipinski definition) is 3. The van der Waals surface area contributed by atoms with E-state index in [4.69, 9.17) is 10.5 Å². The number of rotatable bonds is 2. The van der Waals surface area contributed by atoms with E-state index in [2.05, 4.69) is 0 Å². The summed E-state index contributed by atoms with van der Waals surface area (Å²) in [5.74, 6) is 1.25. The van der Waals surface area contributed by atoms with Crippen LogP contribution in [0.25, 0.3) is 0 Å². The Hall–Kier alpha value is -0.770. The predicted molar refractivity (Wildman–Crippen MR) is 66.6 cm³/mol. The van der Waals surface area contributed by atoms with Gasteiger partial charge in [-0.25, -0.2) is 4.79 Å². The predicted octanol–water partition coefficient (Wildman–Crippen LogP) is 1.98. The van der Waals surface area contributed by atoms with Crippen LogP contribution in [0.2, 0.25) is 0 Å². The van der Waals surface area contributed by atoms with Crippen LogP contribution in [0.1, 0.15) is 40.0 Å². The zero-order valence-corrected chi connectivity index (χ0v) is 11.1. The molecule has 4 nitrogen and oxygen atoms in total. The molecule has 0 spiro atoms. The van der Waals surface area contributed by atoms with Gasteiger partial charge in [0.25, 0.3) is 0 Å². The van der Waals surface area contributed by atoms with E-state index in [1.54, 1.807) is 0 Å². The summed E-state index contributed by atoms with van der Waals surface area (Å²) in [6.07, 6.45) is 3.24. The molecule has 2 fully saturated rings. The van der Waals surface area contributed by atoms with Crippen LogP contribution in [0.3, 0.4) is 0 Å². The maximum Gasteiger partial charge on any atom is 0.410 e. The zero-order valence-electron chi connectivity index (χ0n) is 11.1. The van der Waals surface area contributed by atoms with Crippen molar-refractivity contribution in [3.05, 3.63) is 0 Å². The Labute approximate surface area is 103 Å². The summed E-state index contributed by atoms with van der Waals surface area (Å²) in [4.78, 5) is 14.0. The van der Waals surface area contributed by atoms with Gasteiger partial charge in [0.1, 0.15) is 5.60 Å². The highest BCUT2D eigenvalue weighted by atomic mass is 16.6. The highest BCUT2D eigenvalue weighted by molar-refractivity contribution is 5.69. The van der Waals surface area contributed by atoms with Gasteiger partial charge in [0.2, 0.25) is 0 Å². The lowest BCUT2D eigenvalue weighted by molar-refractivity contribution is 0.0206. The molecule has 4 heteroatoms. The highest BCUT2D eigenvalue weighted by Crippen LogP contribution is 2.45. The molecule has 3 atom stereocenters. The second-order valence-corrected chi connectivity index (χ2v) is 6.28. The van der Waals surface area contributed by atoms with Crippen molar-refractivity contribution in [3.8, 4) is 0 Å². The molecule has 1 heterocycles. The molecule has 0 aromatic heterocycles. The van der Waals surface area contributed by atoms with E-state index in [0.717, 1.165) is 25.9 Å². The summed E-state index contributed by atoms with van der Waals surface area (Å²) in [6, 6.07) is 0.374. The minimum absolute atomic E-state index is 0.150. The van der Waals surface area contributed by atoms with E-state index < -0.39 is 5.60 Å². The van der Waals surface area contributed by atoms with Gasteiger partial charge in [-0.15, -0.1) is 0 Å². The van der Waals surface area contributed by atoms with Gasteiger partial charge in [-0.1, -0.05) is 0 Å². The van der Waals surface area contributed by atoms with Crippen LogP contribution in [-0.4, -0.2) is 35.7 Å². The van der Waals surface area contributed by atoms with Crippen LogP contribution >= 0.6 is 0 Å². The van der Waals surface area contributed by atoms with Gasteiger partial charge in [0.15, 0.2) is 0 Å². The number of hydrogen-bond donors (Lipinski definition) is 1. The Morgan fingerprint density at radius 3 is 2.71 bits per heavy atom. The number of nitrogens with two attached hydrogens (primary N) is 1. The first-order valence-electron chi connectivity index (χ1n) is 6.62. The molecule has 98 valence electrons. The highest BCUT2D eigenvalue weighted by Gasteiger charge is 2.47. The maximum atomic E-state index is 12.1. The minimum Gasteiger partial charge on any atom is -0.444 e. The van der Waals surface area contributed by atoms with Gasteiger partial charge in [-0.3, -0.25) is 0 Å². The molecule has 1 saturated carbocycles. The Bertz CT molecular complexity index is 298. The van der Waals surface area contributed by atoms with Gasteiger partial charge in [-0.2, -0.15) is 0 Å². The van der Waals surface area contributed by atoms with Gasteiger partial charge in [0.05, 0.1) is 0 Å². The topological polar surface area (TPSA) is 55.6 Å². The van der Waals surface area contributed by atoms with E-state index in [9.17, 15) is 4.79 Å². The number of carbonyl (C=O) groups is 1. The molecular weight excluding hydrogens is 216 g/mol. The van der Waals surface area contributed by atoms with Crippen LogP contribution in [0.4, 0.5) is 4.79 Å². The van der Waals surface area contributed by atoms with Gasteiger partial charge in [-0.05, 0) is 58.4 Å². The van der Waals surface area contributed by atoms with Crippen molar-refractivity contribution in [2.45, 2.75) is 51.7 Å². The summed E-state index contributed by atoms with van der Waals surface area (Å²) < 4.78 is 5.45. The van der Waals surface area contributed by atoms with Crippen molar-refractivity contribution in [2.75, 3.05) is 13.1 Å². The molecule has 2 aliphatic rings. The number of nitrogens with zero attached hydrogens (tertiary/aromatic N) is 1. The van der Waals surface area contributed by atoms with Gasteiger partial charge in [0, 0.05) is 12.6 Å². The first kappa shape index (κ1) is 12.7. The number of likely N-dealkylation sites (tertiary alicyclic amines) is 1. The summed E-state index contributed by atoms with van der Waals surface area (Å²) in [6.45, 7) is 7.33. The third kappa shape index (κ3) is 2.92. The Morgan fingerprint density at radius 1 is 1.47 bits per heavy atom. The van der Waals surface area contributed by atoms with E-state index in [-0.39, 0.29) is 6.09 Å². The van der Waals surface area contributed by atoms with Gasteiger partial charge < -0.3 is 15.4 Å². The molecule has 1 saturated heterocycles. The van der Waals surface area contributed by atoms with Gasteiger partial charge >= 0.3 is 6.09 Å². The molecule has 2 N–H and O–H groups in total. The summed E-state index contributed by atoms with van der Waals surface area (Å²) in [7, 11) is 0. The summed E-state index contributed by atoms with van der Waals surface area (Å²) >= 11 is 0. The van der Waals surface area contributed by atoms with Crippen molar-refractivity contribution in [3.63, 3.8) is 0 Å². The molecule has 1 aliphatic carbocycles. The first-order valence-corrected chi connectivity index (χ1v) is 6.62. The monoisotopic (exact) mass is 240 g/mol. The van der Waals surface area contributed by atoms with E-state index in [1.165, 1.54) is 6.42 Å². The molecular formula is C13H24N2O2. The SMILES string of the molecule is CC(C)(C)OC(=O)N1CCCC1C1CC1CN. The van der Waals surface area contributed by atoms with Crippen molar-refractivity contribution in [2.24, 2.45) is 17.6 Å². The normalized spacial score (nSPS) is 32.7. The van der Waals surface area contributed by atoms with Crippen LogP contribution in [-0.2, 0) is 4.74 Å². The van der Waals surface area contributed by atoms with Crippen molar-refractivity contribution in [1.29, 1.82) is 0 Å². The zero-order chi connectivity index (χ0) is 12.6. The quantitative estimate of drug-likeness (QED) is 0.803. The molecule has 17 heavy (non-hydrogen) atoms. The largest absolute Gasteiger partial charge is 0.444 e. The first-order chi connectivity index (χ1) is 7.92. The standard InChI is InChI=1S/C13H24N2O2/c1-13(2,3)17-12(16)15-6-4-5-11(15)10-7-9(10)8-14/h9-11H,4-8,14H2,1-3H3. The summed E-state index contributed by atoms with van der Waals surface area (Å²) in [5, 5.41) is 0. The second-order valence-electron chi connectivity index (χ2n) is 6.28. The molecule has 1 amide bonds. The molecule has 2 rings (SSSR count). The maximum absolute atomic E-state index is 12.1. The molecule has 0 bridgehead atoms. The third-order valence-electron chi connectivity index (χ3n) is 3.70.